The highest BCUT2D eigenvalue weighted by atomic mass is 35.5. The second-order valence-corrected chi connectivity index (χ2v) is 8.87. The topological polar surface area (TPSA) is 71.7 Å². The molecule has 3 rings (SSSR count). The number of nitrogens with one attached hydrogen (secondary N) is 1. The van der Waals surface area contributed by atoms with Crippen molar-refractivity contribution >= 4 is 23.3 Å². The number of hydrogen-bond acceptors (Lipinski definition) is 4. The van der Waals surface area contributed by atoms with E-state index < -0.39 is 12.1 Å². The van der Waals surface area contributed by atoms with Crippen molar-refractivity contribution in [3.8, 4) is 11.1 Å². The lowest BCUT2D eigenvalue weighted by atomic mass is 9.96. The van der Waals surface area contributed by atoms with Crippen molar-refractivity contribution < 1.29 is 19.1 Å². The largest absolute Gasteiger partial charge is 0.479 e. The highest BCUT2D eigenvalue weighted by molar-refractivity contribution is 6.31. The van der Waals surface area contributed by atoms with E-state index in [9.17, 15) is 9.90 Å². The van der Waals surface area contributed by atoms with Crippen molar-refractivity contribution in [2.45, 2.75) is 66.7 Å². The number of carbonyl (C=O) groups is 1. The van der Waals surface area contributed by atoms with E-state index in [1.165, 1.54) is 0 Å². The predicted molar refractivity (Wildman–Crippen MR) is 144 cm³/mol. The zero-order valence-corrected chi connectivity index (χ0v) is 22.2. The van der Waals surface area contributed by atoms with Crippen molar-refractivity contribution in [1.82, 2.24) is 5.32 Å². The third-order valence-electron chi connectivity index (χ3n) is 5.46. The van der Waals surface area contributed by atoms with Crippen LogP contribution in [0.25, 0.3) is 16.8 Å². The van der Waals surface area contributed by atoms with Crippen LogP contribution in [0.5, 0.6) is 0 Å². The molecule has 0 spiro atoms. The molecule has 0 aliphatic heterocycles. The lowest BCUT2D eigenvalue weighted by Crippen LogP contribution is -2.29. The third-order valence-corrected chi connectivity index (χ3v) is 5.86. The summed E-state index contributed by atoms with van der Waals surface area (Å²) in [4.78, 5) is 11.7. The Morgan fingerprint density at radius 1 is 1.14 bits per heavy atom. The number of carboxylic acids is 1. The molecule has 0 fully saturated rings. The number of halogens is 1. The van der Waals surface area contributed by atoms with Crippen LogP contribution in [0.3, 0.4) is 0 Å². The minimum absolute atomic E-state index is 0.174. The maximum atomic E-state index is 11.7. The molecule has 1 unspecified atom stereocenters. The van der Waals surface area contributed by atoms with Gasteiger partial charge in [-0.3, -0.25) is 0 Å². The monoisotopic (exact) mass is 497 g/mol. The molecule has 0 saturated heterocycles. The molecule has 188 valence electrons. The number of rotatable bonds is 10. The first kappa shape index (κ1) is 28.2. The number of benzene rings is 2. The fourth-order valence-electron chi connectivity index (χ4n) is 3.76. The van der Waals surface area contributed by atoms with Gasteiger partial charge in [0, 0.05) is 34.8 Å². The quantitative estimate of drug-likeness (QED) is 0.305. The molecule has 1 heterocycles. The van der Waals surface area contributed by atoms with Gasteiger partial charge in [0.05, 0.1) is 18.6 Å². The van der Waals surface area contributed by atoms with Crippen molar-refractivity contribution in [2.75, 3.05) is 0 Å². The minimum atomic E-state index is -0.968. The van der Waals surface area contributed by atoms with Crippen molar-refractivity contribution in [3.05, 3.63) is 88.3 Å². The van der Waals surface area contributed by atoms with Gasteiger partial charge >= 0.3 is 5.97 Å². The van der Waals surface area contributed by atoms with Gasteiger partial charge in [-0.1, -0.05) is 50.2 Å². The van der Waals surface area contributed by atoms with E-state index in [0.29, 0.717) is 6.54 Å². The van der Waals surface area contributed by atoms with Crippen LogP contribution in [-0.4, -0.2) is 23.3 Å². The smallest absolute Gasteiger partial charge is 0.333 e. The summed E-state index contributed by atoms with van der Waals surface area (Å²) in [6.45, 7) is 16.4. The van der Waals surface area contributed by atoms with E-state index in [1.807, 2.05) is 77.9 Å². The molecule has 0 bridgehead atoms. The molecule has 0 aliphatic carbocycles. The van der Waals surface area contributed by atoms with Crippen molar-refractivity contribution in [1.29, 1.82) is 0 Å². The van der Waals surface area contributed by atoms with E-state index in [-0.39, 0.29) is 12.5 Å². The van der Waals surface area contributed by atoms with Gasteiger partial charge in [0.2, 0.25) is 0 Å². The summed E-state index contributed by atoms with van der Waals surface area (Å²) >= 11 is 6.24. The van der Waals surface area contributed by atoms with Crippen LogP contribution in [-0.2, 0) is 22.5 Å². The molecule has 1 aromatic heterocycles. The first-order valence-corrected chi connectivity index (χ1v) is 12.3. The molecule has 2 aromatic carbocycles. The summed E-state index contributed by atoms with van der Waals surface area (Å²) in [6, 6.07) is 11.8. The highest BCUT2D eigenvalue weighted by Crippen LogP contribution is 2.28. The van der Waals surface area contributed by atoms with Crippen molar-refractivity contribution in [3.63, 3.8) is 0 Å². The normalized spacial score (nSPS) is 11.5. The Labute approximate surface area is 213 Å². The van der Waals surface area contributed by atoms with E-state index >= 15 is 0 Å². The molecule has 6 heteroatoms. The first-order chi connectivity index (χ1) is 16.7. The molecular formula is C29H36ClNO4. The third kappa shape index (κ3) is 7.74. The number of hydrogen-bond donors (Lipinski definition) is 2. The average molecular weight is 498 g/mol. The highest BCUT2D eigenvalue weighted by Gasteiger charge is 2.21. The molecule has 5 nitrogen and oxygen atoms in total. The molecule has 2 N–H and O–H groups in total. The van der Waals surface area contributed by atoms with Gasteiger partial charge in [0.25, 0.3) is 0 Å². The van der Waals surface area contributed by atoms with Crippen LogP contribution in [0, 0.1) is 13.8 Å². The van der Waals surface area contributed by atoms with Gasteiger partial charge in [-0.2, -0.15) is 0 Å². The van der Waals surface area contributed by atoms with Gasteiger partial charge in [-0.15, -0.1) is 0 Å². The van der Waals surface area contributed by atoms with Gasteiger partial charge in [-0.05, 0) is 73.7 Å². The zero-order valence-electron chi connectivity index (χ0n) is 21.4. The van der Waals surface area contributed by atoms with Crippen LogP contribution in [0.1, 0.15) is 55.5 Å². The second kappa shape index (κ2) is 13.2. The van der Waals surface area contributed by atoms with Crippen LogP contribution in [0.15, 0.2) is 59.9 Å². The van der Waals surface area contributed by atoms with Gasteiger partial charge in [0.15, 0.2) is 6.10 Å². The van der Waals surface area contributed by atoms with Gasteiger partial charge in [-0.25, -0.2) is 4.79 Å². The predicted octanol–water partition coefficient (Wildman–Crippen LogP) is 7.42. The molecule has 1 atom stereocenters. The SMILES string of the molecule is C=C(NCc1cc(CC(OC(C)C)C(=O)O)ccc1-c1ccoc1)c1cc(C)c(Cl)cc1C.CC. The molecule has 0 saturated carbocycles. The summed E-state index contributed by atoms with van der Waals surface area (Å²) in [5, 5.41) is 13.7. The van der Waals surface area contributed by atoms with Crippen LogP contribution >= 0.6 is 11.6 Å². The number of ether oxygens (including phenoxy) is 1. The number of aliphatic carboxylic acids is 1. The second-order valence-electron chi connectivity index (χ2n) is 8.47. The Bertz CT molecular complexity index is 1140. The standard InChI is InChI=1S/C27H30ClNO4.C2H6/c1-16(2)33-26(27(30)31)13-20-6-7-23(21-8-9-32-15-21)22(12-20)14-29-19(5)24-10-18(4)25(28)11-17(24)3;1-2/h6-12,15-16,26,29H,5,13-14H2,1-4H3,(H,30,31);1-2H3. The first-order valence-electron chi connectivity index (χ1n) is 11.9. The number of aryl methyl sites for hydroxylation is 2. The summed E-state index contributed by atoms with van der Waals surface area (Å²) in [5.41, 5.74) is 7.69. The van der Waals surface area contributed by atoms with E-state index in [2.05, 4.69) is 11.9 Å². The van der Waals surface area contributed by atoms with E-state index in [1.54, 1.807) is 12.5 Å². The molecule has 0 radical (unpaired) electrons. The summed E-state index contributed by atoms with van der Waals surface area (Å²) in [5.74, 6) is -0.968. The Hall–Kier alpha value is -3.02. The Morgan fingerprint density at radius 2 is 1.86 bits per heavy atom. The summed E-state index contributed by atoms with van der Waals surface area (Å²) in [7, 11) is 0. The fraction of sp³-hybridized carbons (Fsp3) is 0.345. The molecule has 35 heavy (non-hydrogen) atoms. The average Bonchev–Trinajstić information content (AvgIpc) is 3.35. The van der Waals surface area contributed by atoms with E-state index in [0.717, 1.165) is 49.7 Å². The van der Waals surface area contributed by atoms with Crippen LogP contribution in [0.4, 0.5) is 0 Å². The maximum Gasteiger partial charge on any atom is 0.333 e. The lowest BCUT2D eigenvalue weighted by molar-refractivity contribution is -0.153. The summed E-state index contributed by atoms with van der Waals surface area (Å²) in [6.07, 6.45) is 2.54. The van der Waals surface area contributed by atoms with E-state index in [4.69, 9.17) is 20.8 Å². The molecular weight excluding hydrogens is 462 g/mol. The zero-order chi connectivity index (χ0) is 26.1. The molecule has 3 aromatic rings. The number of carboxylic acid groups (broad SMARTS) is 1. The molecule has 0 amide bonds. The maximum absolute atomic E-state index is 11.7. The van der Waals surface area contributed by atoms with Crippen LogP contribution in [0.2, 0.25) is 5.02 Å². The fourth-order valence-corrected chi connectivity index (χ4v) is 3.98. The Morgan fingerprint density at radius 3 is 2.46 bits per heavy atom. The van der Waals surface area contributed by atoms with Crippen LogP contribution < -0.4 is 5.32 Å². The Balaban J connectivity index is 0.00000210. The summed E-state index contributed by atoms with van der Waals surface area (Å²) < 4.78 is 10.9. The minimum Gasteiger partial charge on any atom is -0.479 e. The van der Waals surface area contributed by atoms with Gasteiger partial charge < -0.3 is 19.6 Å². The molecule has 0 aliphatic rings. The number of furan rings is 1. The van der Waals surface area contributed by atoms with Gasteiger partial charge in [0.1, 0.15) is 0 Å². The van der Waals surface area contributed by atoms with Crippen molar-refractivity contribution in [2.24, 2.45) is 0 Å². The Kier molecular flexibility index (Phi) is 10.6. The lowest BCUT2D eigenvalue weighted by Gasteiger charge is -2.19.